The number of carbonyl (C=O) groups is 1. The molecule has 0 aromatic heterocycles. The summed E-state index contributed by atoms with van der Waals surface area (Å²) in [6, 6.07) is 7.72. The van der Waals surface area contributed by atoms with Crippen LogP contribution in [0.15, 0.2) is 24.3 Å². The Morgan fingerprint density at radius 3 is 2.16 bits per heavy atom. The van der Waals surface area contributed by atoms with Crippen molar-refractivity contribution in [2.45, 2.75) is 33.2 Å². The highest BCUT2D eigenvalue weighted by Crippen LogP contribution is 2.22. The van der Waals surface area contributed by atoms with E-state index in [1.54, 1.807) is 12.0 Å². The second kappa shape index (κ2) is 6.45. The van der Waals surface area contributed by atoms with Gasteiger partial charge in [-0.1, -0.05) is 12.1 Å². The topological polar surface area (TPSA) is 41.6 Å². The van der Waals surface area contributed by atoms with Crippen LogP contribution in [0.1, 0.15) is 33.3 Å². The minimum atomic E-state index is -0.411. The molecule has 0 aliphatic heterocycles. The number of carbonyl (C=O) groups excluding carboxylic acids is 1. The van der Waals surface area contributed by atoms with E-state index >= 15 is 0 Å². The summed E-state index contributed by atoms with van der Waals surface area (Å²) in [6.07, 6.45) is 0. The van der Waals surface area contributed by atoms with Gasteiger partial charge < -0.3 is 15.0 Å². The van der Waals surface area contributed by atoms with E-state index in [9.17, 15) is 4.79 Å². The second-order valence-electron chi connectivity index (χ2n) is 4.96. The van der Waals surface area contributed by atoms with E-state index in [1.807, 2.05) is 52.0 Å². The Bertz CT molecular complexity index is 409. The Morgan fingerprint density at radius 1 is 1.21 bits per heavy atom. The summed E-state index contributed by atoms with van der Waals surface area (Å²) in [6.45, 7) is 9.36. The number of nitrogens with one attached hydrogen (secondary N) is 1. The van der Waals surface area contributed by atoms with Crippen LogP contribution >= 0.6 is 0 Å². The maximum Gasteiger partial charge on any atom is 0.318 e. The number of hydrogen-bond acceptors (Lipinski definition) is 2. The molecular formula is C15H24N2O2. The van der Waals surface area contributed by atoms with Crippen LogP contribution in [0.3, 0.4) is 0 Å². The summed E-state index contributed by atoms with van der Waals surface area (Å²) < 4.78 is 5.14. The molecule has 0 saturated carbocycles. The third kappa shape index (κ3) is 3.88. The molecule has 1 aromatic rings. The van der Waals surface area contributed by atoms with Gasteiger partial charge >= 0.3 is 6.03 Å². The molecule has 1 rings (SSSR count). The lowest BCUT2D eigenvalue weighted by atomic mass is 9.94. The zero-order valence-corrected chi connectivity index (χ0v) is 12.5. The van der Waals surface area contributed by atoms with Crippen molar-refractivity contribution in [3.8, 4) is 5.75 Å². The molecule has 1 N–H and O–H groups in total. The fourth-order valence-corrected chi connectivity index (χ4v) is 1.94. The van der Waals surface area contributed by atoms with Crippen LogP contribution in [0.2, 0.25) is 0 Å². The molecule has 2 amide bonds. The first-order valence-electron chi connectivity index (χ1n) is 6.66. The van der Waals surface area contributed by atoms with E-state index in [0.717, 1.165) is 11.3 Å². The van der Waals surface area contributed by atoms with Crippen molar-refractivity contribution >= 4 is 6.03 Å². The fourth-order valence-electron chi connectivity index (χ4n) is 1.94. The van der Waals surface area contributed by atoms with E-state index in [4.69, 9.17) is 4.74 Å². The van der Waals surface area contributed by atoms with Crippen LogP contribution in [-0.4, -0.2) is 31.1 Å². The Balaban J connectivity index is 2.81. The average molecular weight is 264 g/mol. The van der Waals surface area contributed by atoms with Gasteiger partial charge in [-0.3, -0.25) is 0 Å². The van der Waals surface area contributed by atoms with Gasteiger partial charge in [0, 0.05) is 13.1 Å². The number of urea groups is 1. The van der Waals surface area contributed by atoms with Crippen molar-refractivity contribution in [2.75, 3.05) is 20.2 Å². The molecule has 4 heteroatoms. The van der Waals surface area contributed by atoms with Crippen LogP contribution in [0, 0.1) is 0 Å². The summed E-state index contributed by atoms with van der Waals surface area (Å²) in [7, 11) is 1.64. The second-order valence-corrected chi connectivity index (χ2v) is 4.96. The molecule has 1 aromatic carbocycles. The van der Waals surface area contributed by atoms with Crippen molar-refractivity contribution in [3.63, 3.8) is 0 Å². The highest BCUT2D eigenvalue weighted by Gasteiger charge is 2.24. The number of amides is 2. The molecule has 4 nitrogen and oxygen atoms in total. The average Bonchev–Trinajstić information content (AvgIpc) is 2.39. The molecule has 0 aliphatic carbocycles. The van der Waals surface area contributed by atoms with Crippen molar-refractivity contribution < 1.29 is 9.53 Å². The summed E-state index contributed by atoms with van der Waals surface area (Å²) in [5.41, 5.74) is 0.639. The van der Waals surface area contributed by atoms with Crippen LogP contribution in [0.5, 0.6) is 5.75 Å². The highest BCUT2D eigenvalue weighted by molar-refractivity contribution is 5.75. The molecular weight excluding hydrogens is 240 g/mol. The van der Waals surface area contributed by atoms with E-state index in [2.05, 4.69) is 5.32 Å². The molecule has 19 heavy (non-hydrogen) atoms. The van der Waals surface area contributed by atoms with Gasteiger partial charge in [0.15, 0.2) is 0 Å². The number of hydrogen-bond donors (Lipinski definition) is 1. The van der Waals surface area contributed by atoms with Crippen LogP contribution in [-0.2, 0) is 5.54 Å². The van der Waals surface area contributed by atoms with Gasteiger partial charge in [0.05, 0.1) is 12.6 Å². The number of methoxy groups -OCH3 is 1. The molecule has 0 atom stereocenters. The Labute approximate surface area is 115 Å². The van der Waals surface area contributed by atoms with E-state index < -0.39 is 5.54 Å². The lowest BCUT2D eigenvalue weighted by molar-refractivity contribution is 0.192. The van der Waals surface area contributed by atoms with E-state index in [0.29, 0.717) is 13.1 Å². The molecule has 0 unspecified atom stereocenters. The minimum absolute atomic E-state index is 0.0363. The normalized spacial score (nSPS) is 11.0. The van der Waals surface area contributed by atoms with Gasteiger partial charge in [0.1, 0.15) is 5.75 Å². The summed E-state index contributed by atoms with van der Waals surface area (Å²) in [4.78, 5) is 13.9. The Morgan fingerprint density at radius 2 is 1.74 bits per heavy atom. The molecule has 0 saturated heterocycles. The fraction of sp³-hybridized carbons (Fsp3) is 0.533. The first-order valence-corrected chi connectivity index (χ1v) is 6.66. The SMILES string of the molecule is CCN(CC)C(=O)NC(C)(C)c1ccc(OC)cc1. The third-order valence-corrected chi connectivity index (χ3v) is 3.28. The largest absolute Gasteiger partial charge is 0.497 e. The van der Waals surface area contributed by atoms with Gasteiger partial charge in [-0.25, -0.2) is 4.79 Å². The maximum absolute atomic E-state index is 12.1. The molecule has 0 heterocycles. The Hall–Kier alpha value is -1.71. The Kier molecular flexibility index (Phi) is 5.21. The number of nitrogens with zero attached hydrogens (tertiary/aromatic N) is 1. The predicted molar refractivity (Wildman–Crippen MR) is 77.5 cm³/mol. The monoisotopic (exact) mass is 264 g/mol. The predicted octanol–water partition coefficient (Wildman–Crippen LogP) is 2.98. The number of ether oxygens (including phenoxy) is 1. The standard InChI is InChI=1S/C15H24N2O2/c1-6-17(7-2)14(18)16-15(3,4)12-8-10-13(19-5)11-9-12/h8-11H,6-7H2,1-5H3,(H,16,18). The molecule has 106 valence electrons. The highest BCUT2D eigenvalue weighted by atomic mass is 16.5. The summed E-state index contributed by atoms with van der Waals surface area (Å²) in [5.74, 6) is 0.814. The van der Waals surface area contributed by atoms with E-state index in [1.165, 1.54) is 0 Å². The molecule has 0 radical (unpaired) electrons. The molecule has 0 spiro atoms. The van der Waals surface area contributed by atoms with Gasteiger partial charge in [-0.2, -0.15) is 0 Å². The summed E-state index contributed by atoms with van der Waals surface area (Å²) in [5, 5.41) is 3.06. The number of rotatable bonds is 5. The van der Waals surface area contributed by atoms with E-state index in [-0.39, 0.29) is 6.03 Å². The zero-order valence-electron chi connectivity index (χ0n) is 12.5. The van der Waals surface area contributed by atoms with Crippen molar-refractivity contribution in [3.05, 3.63) is 29.8 Å². The summed E-state index contributed by atoms with van der Waals surface area (Å²) >= 11 is 0. The van der Waals surface area contributed by atoms with Gasteiger partial charge in [0.2, 0.25) is 0 Å². The van der Waals surface area contributed by atoms with Crippen molar-refractivity contribution in [1.29, 1.82) is 0 Å². The van der Waals surface area contributed by atoms with Gasteiger partial charge in [-0.15, -0.1) is 0 Å². The first-order chi connectivity index (χ1) is 8.94. The van der Waals surface area contributed by atoms with Gasteiger partial charge in [0.25, 0.3) is 0 Å². The third-order valence-electron chi connectivity index (χ3n) is 3.28. The molecule has 0 fully saturated rings. The van der Waals surface area contributed by atoms with Crippen LogP contribution in [0.4, 0.5) is 4.79 Å². The van der Waals surface area contributed by atoms with Crippen molar-refractivity contribution in [2.24, 2.45) is 0 Å². The van der Waals surface area contributed by atoms with Crippen LogP contribution < -0.4 is 10.1 Å². The zero-order chi connectivity index (χ0) is 14.5. The molecule has 0 bridgehead atoms. The maximum atomic E-state index is 12.1. The number of benzene rings is 1. The van der Waals surface area contributed by atoms with Crippen LogP contribution in [0.25, 0.3) is 0 Å². The lowest BCUT2D eigenvalue weighted by Crippen LogP contribution is -2.48. The first kappa shape index (κ1) is 15.3. The van der Waals surface area contributed by atoms with Crippen molar-refractivity contribution in [1.82, 2.24) is 10.2 Å². The van der Waals surface area contributed by atoms with Gasteiger partial charge in [-0.05, 0) is 45.4 Å². The lowest BCUT2D eigenvalue weighted by Gasteiger charge is -2.30. The quantitative estimate of drug-likeness (QED) is 0.888. The molecule has 0 aliphatic rings. The minimum Gasteiger partial charge on any atom is -0.497 e. The smallest absolute Gasteiger partial charge is 0.318 e.